The number of benzene rings is 1. The van der Waals surface area contributed by atoms with E-state index in [0.29, 0.717) is 11.1 Å². The van der Waals surface area contributed by atoms with Crippen molar-refractivity contribution in [3.8, 4) is 0 Å². The molecule has 0 atom stereocenters. The Kier molecular flexibility index (Phi) is 3.70. The molecule has 0 spiro atoms. The number of rotatable bonds is 3. The molecule has 2 nitrogen and oxygen atoms in total. The van der Waals surface area contributed by atoms with Crippen LogP contribution >= 0.6 is 35.0 Å². The highest BCUT2D eigenvalue weighted by Gasteiger charge is 2.28. The van der Waals surface area contributed by atoms with E-state index in [4.69, 9.17) is 23.2 Å². The number of hydrogen-bond donors (Lipinski definition) is 0. The van der Waals surface area contributed by atoms with Crippen LogP contribution in [0.5, 0.6) is 0 Å². The van der Waals surface area contributed by atoms with Gasteiger partial charge in [-0.05, 0) is 31.9 Å². The molecule has 1 heterocycles. The molecule has 1 aromatic carbocycles. The first-order valence-corrected chi connectivity index (χ1v) is 7.69. The molecule has 1 aliphatic rings. The summed E-state index contributed by atoms with van der Waals surface area (Å²) in [6.45, 7) is 1.94. The quantitative estimate of drug-likeness (QED) is 0.736. The molecule has 0 N–H and O–H groups in total. The van der Waals surface area contributed by atoms with Crippen molar-refractivity contribution in [2.45, 2.75) is 35.6 Å². The topological polar surface area (TPSA) is 25.8 Å². The number of halogens is 2. The van der Waals surface area contributed by atoms with Crippen LogP contribution in [0.3, 0.4) is 0 Å². The lowest BCUT2D eigenvalue weighted by Gasteiger charge is -2.09. The highest BCUT2D eigenvalue weighted by Crippen LogP contribution is 2.41. The van der Waals surface area contributed by atoms with Crippen LogP contribution in [0.15, 0.2) is 34.2 Å². The number of hydrogen-bond acceptors (Lipinski definition) is 3. The van der Waals surface area contributed by atoms with Gasteiger partial charge in [-0.3, -0.25) is 0 Å². The summed E-state index contributed by atoms with van der Waals surface area (Å²) in [6.07, 6.45) is 2.32. The first-order chi connectivity index (χ1) is 9.15. The van der Waals surface area contributed by atoms with Gasteiger partial charge in [0.15, 0.2) is 0 Å². The smallest absolute Gasteiger partial charge is 0.136 e. The summed E-state index contributed by atoms with van der Waals surface area (Å²) >= 11 is 13.9. The van der Waals surface area contributed by atoms with Crippen molar-refractivity contribution in [3.63, 3.8) is 0 Å². The molecule has 19 heavy (non-hydrogen) atoms. The van der Waals surface area contributed by atoms with E-state index < -0.39 is 0 Å². The molecule has 0 aliphatic heterocycles. The molecule has 98 valence electrons. The van der Waals surface area contributed by atoms with Crippen LogP contribution in [0.2, 0.25) is 10.2 Å². The Morgan fingerprint density at radius 2 is 1.89 bits per heavy atom. The fourth-order valence-corrected chi connectivity index (χ4v) is 3.13. The van der Waals surface area contributed by atoms with Crippen molar-refractivity contribution in [1.82, 2.24) is 9.97 Å². The number of aromatic nitrogens is 2. The summed E-state index contributed by atoms with van der Waals surface area (Å²) in [5.74, 6) is 1.36. The van der Waals surface area contributed by atoms with E-state index in [0.717, 1.165) is 39.2 Å². The Bertz CT molecular complexity index is 627. The minimum Gasteiger partial charge on any atom is -0.226 e. The molecular weight excluding hydrogens is 299 g/mol. The fraction of sp³-hybridized carbons (Fsp3) is 0.286. The molecule has 1 aromatic heterocycles. The predicted octanol–water partition coefficient (Wildman–Crippen LogP) is 5.12. The van der Waals surface area contributed by atoms with Gasteiger partial charge in [-0.15, -0.1) is 0 Å². The summed E-state index contributed by atoms with van der Waals surface area (Å²) in [4.78, 5) is 10.00. The molecule has 0 unspecified atom stereocenters. The van der Waals surface area contributed by atoms with Gasteiger partial charge < -0.3 is 0 Å². The molecule has 3 rings (SSSR count). The third kappa shape index (κ3) is 2.88. The maximum atomic E-state index is 6.20. The second kappa shape index (κ2) is 5.31. The molecule has 1 fully saturated rings. The third-order valence-corrected chi connectivity index (χ3v) is 5.02. The second-order valence-corrected chi connectivity index (χ2v) is 6.41. The van der Waals surface area contributed by atoms with Gasteiger partial charge in [-0.2, -0.15) is 0 Å². The van der Waals surface area contributed by atoms with Crippen LogP contribution in [0.1, 0.15) is 30.1 Å². The molecule has 1 saturated carbocycles. The zero-order valence-electron chi connectivity index (χ0n) is 10.4. The maximum absolute atomic E-state index is 6.20. The van der Waals surface area contributed by atoms with Gasteiger partial charge in [0.05, 0.1) is 5.02 Å². The van der Waals surface area contributed by atoms with Gasteiger partial charge in [0.25, 0.3) is 0 Å². The van der Waals surface area contributed by atoms with Crippen molar-refractivity contribution in [2.24, 2.45) is 0 Å². The molecular formula is C14H12Cl2N2S. The highest BCUT2D eigenvalue weighted by molar-refractivity contribution is 7.99. The van der Waals surface area contributed by atoms with E-state index in [1.165, 1.54) is 0 Å². The molecule has 1 aliphatic carbocycles. The zero-order valence-corrected chi connectivity index (χ0v) is 12.7. The number of nitrogens with zero attached hydrogens (tertiary/aromatic N) is 2. The molecule has 0 saturated heterocycles. The van der Waals surface area contributed by atoms with Gasteiger partial charge in [0, 0.05) is 16.4 Å². The van der Waals surface area contributed by atoms with Crippen LogP contribution in [0.4, 0.5) is 0 Å². The van der Waals surface area contributed by atoms with Crippen molar-refractivity contribution < 1.29 is 0 Å². The van der Waals surface area contributed by atoms with E-state index in [-0.39, 0.29) is 0 Å². The summed E-state index contributed by atoms with van der Waals surface area (Å²) in [7, 11) is 0. The van der Waals surface area contributed by atoms with E-state index >= 15 is 0 Å². The van der Waals surface area contributed by atoms with Crippen molar-refractivity contribution in [3.05, 3.63) is 45.8 Å². The molecule has 5 heteroatoms. The fourth-order valence-electron chi connectivity index (χ4n) is 1.74. The van der Waals surface area contributed by atoms with Crippen LogP contribution in [-0.2, 0) is 0 Å². The Labute approximate surface area is 126 Å². The van der Waals surface area contributed by atoms with Crippen molar-refractivity contribution >= 4 is 35.0 Å². The van der Waals surface area contributed by atoms with E-state index in [9.17, 15) is 0 Å². The minimum absolute atomic E-state index is 0.490. The zero-order chi connectivity index (χ0) is 13.4. The van der Waals surface area contributed by atoms with Gasteiger partial charge in [0.2, 0.25) is 0 Å². The molecule has 0 amide bonds. The first kappa shape index (κ1) is 13.2. The normalized spacial score (nSPS) is 14.7. The van der Waals surface area contributed by atoms with Crippen LogP contribution < -0.4 is 0 Å². The Hall–Kier alpha value is -0.770. The predicted molar refractivity (Wildman–Crippen MR) is 79.3 cm³/mol. The lowest BCUT2D eigenvalue weighted by Crippen LogP contribution is -1.98. The van der Waals surface area contributed by atoms with Gasteiger partial charge >= 0.3 is 0 Å². The Balaban J connectivity index is 1.98. The Morgan fingerprint density at radius 1 is 1.16 bits per heavy atom. The third-order valence-electron chi connectivity index (χ3n) is 3.04. The lowest BCUT2D eigenvalue weighted by molar-refractivity contribution is 0.862. The van der Waals surface area contributed by atoms with E-state index in [1.807, 2.05) is 31.2 Å². The summed E-state index contributed by atoms with van der Waals surface area (Å²) in [6, 6.07) is 7.75. The second-order valence-electron chi connectivity index (χ2n) is 4.61. The standard InChI is InChI=1S/C14H12Cl2N2S/c1-8-12(16)17-13(9-6-7-9)18-14(8)19-11-5-3-2-4-10(11)15/h2-5,9H,6-7H2,1H3. The van der Waals surface area contributed by atoms with Gasteiger partial charge in [0.1, 0.15) is 16.0 Å². The summed E-state index contributed by atoms with van der Waals surface area (Å²) in [5, 5.41) is 2.18. The van der Waals surface area contributed by atoms with Crippen LogP contribution in [0.25, 0.3) is 0 Å². The monoisotopic (exact) mass is 310 g/mol. The average molecular weight is 311 g/mol. The Morgan fingerprint density at radius 3 is 2.58 bits per heavy atom. The molecule has 2 aromatic rings. The van der Waals surface area contributed by atoms with E-state index in [2.05, 4.69) is 9.97 Å². The first-order valence-electron chi connectivity index (χ1n) is 6.11. The summed E-state index contributed by atoms with van der Waals surface area (Å²) < 4.78 is 0. The SMILES string of the molecule is Cc1c(Cl)nc(C2CC2)nc1Sc1ccccc1Cl. The van der Waals surface area contributed by atoms with Crippen molar-refractivity contribution in [1.29, 1.82) is 0 Å². The van der Waals surface area contributed by atoms with Gasteiger partial charge in [-0.25, -0.2) is 9.97 Å². The van der Waals surface area contributed by atoms with E-state index in [1.54, 1.807) is 11.8 Å². The average Bonchev–Trinajstić information content (AvgIpc) is 3.21. The van der Waals surface area contributed by atoms with Crippen molar-refractivity contribution in [2.75, 3.05) is 0 Å². The summed E-state index contributed by atoms with van der Waals surface area (Å²) in [5.41, 5.74) is 0.913. The lowest BCUT2D eigenvalue weighted by atomic mass is 10.3. The maximum Gasteiger partial charge on any atom is 0.136 e. The van der Waals surface area contributed by atoms with Crippen LogP contribution in [0, 0.1) is 6.92 Å². The van der Waals surface area contributed by atoms with Crippen LogP contribution in [-0.4, -0.2) is 9.97 Å². The highest BCUT2D eigenvalue weighted by atomic mass is 35.5. The minimum atomic E-state index is 0.490. The van der Waals surface area contributed by atoms with Gasteiger partial charge in [-0.1, -0.05) is 47.1 Å². The largest absolute Gasteiger partial charge is 0.226 e. The molecule has 0 bridgehead atoms. The molecule has 0 radical (unpaired) electrons.